The molecule has 0 radical (unpaired) electrons. The highest BCUT2D eigenvalue weighted by atomic mass is 16.5. The van der Waals surface area contributed by atoms with Crippen molar-refractivity contribution in [1.82, 2.24) is 9.55 Å². The zero-order chi connectivity index (χ0) is 20.1. The van der Waals surface area contributed by atoms with Crippen molar-refractivity contribution in [2.45, 2.75) is 12.6 Å². The van der Waals surface area contributed by atoms with E-state index in [2.05, 4.69) is 11.1 Å². The number of aliphatic hydroxyl groups excluding tert-OH is 1. The second kappa shape index (κ2) is 8.42. The van der Waals surface area contributed by atoms with Crippen molar-refractivity contribution in [3.63, 3.8) is 0 Å². The fourth-order valence-corrected chi connectivity index (χ4v) is 3.09. The van der Waals surface area contributed by atoms with Crippen molar-refractivity contribution in [3.05, 3.63) is 114 Å². The van der Waals surface area contributed by atoms with Crippen LogP contribution in [0.25, 0.3) is 0 Å². The standard InChI is InChI=1S/C24H19N3O2/c25-14-18-6-10-20(11-7-18)24(28)23-15-26-17-27(23)16-19-8-12-22(13-9-19)29-21-4-2-1-3-5-21/h1-13,15,17,24,28H,16H2. The Balaban J connectivity index is 1.48. The van der Waals surface area contributed by atoms with Crippen LogP contribution in [0, 0.1) is 11.3 Å². The molecule has 3 aromatic carbocycles. The third-order valence-corrected chi connectivity index (χ3v) is 4.64. The quantitative estimate of drug-likeness (QED) is 0.526. The second-order valence-corrected chi connectivity index (χ2v) is 6.64. The molecule has 0 saturated heterocycles. The zero-order valence-electron chi connectivity index (χ0n) is 15.6. The predicted molar refractivity (Wildman–Crippen MR) is 110 cm³/mol. The van der Waals surface area contributed by atoms with E-state index in [0.29, 0.717) is 17.8 Å². The van der Waals surface area contributed by atoms with Crippen molar-refractivity contribution in [2.75, 3.05) is 0 Å². The summed E-state index contributed by atoms with van der Waals surface area (Å²) in [6.07, 6.45) is 2.55. The first-order chi connectivity index (χ1) is 14.2. The summed E-state index contributed by atoms with van der Waals surface area (Å²) in [6, 6.07) is 26.5. The fraction of sp³-hybridized carbons (Fsp3) is 0.0833. The lowest BCUT2D eigenvalue weighted by Crippen LogP contribution is -2.09. The normalized spacial score (nSPS) is 11.6. The molecule has 4 aromatic rings. The molecule has 0 aliphatic rings. The summed E-state index contributed by atoms with van der Waals surface area (Å²) < 4.78 is 7.74. The number of para-hydroxylation sites is 1. The number of aliphatic hydroxyl groups is 1. The Hall–Kier alpha value is -3.88. The molecular formula is C24H19N3O2. The molecule has 1 N–H and O–H groups in total. The summed E-state index contributed by atoms with van der Waals surface area (Å²) in [5, 5.41) is 19.7. The predicted octanol–water partition coefficient (Wildman–Crippen LogP) is 4.68. The highest BCUT2D eigenvalue weighted by Crippen LogP contribution is 2.24. The number of benzene rings is 3. The van der Waals surface area contributed by atoms with Gasteiger partial charge in [-0.2, -0.15) is 5.26 Å². The number of ether oxygens (including phenoxy) is 1. The molecule has 1 aromatic heterocycles. The zero-order valence-corrected chi connectivity index (χ0v) is 15.6. The van der Waals surface area contributed by atoms with Crippen LogP contribution in [0.2, 0.25) is 0 Å². The average Bonchev–Trinajstić information content (AvgIpc) is 3.23. The Morgan fingerprint density at radius 3 is 2.31 bits per heavy atom. The summed E-state index contributed by atoms with van der Waals surface area (Å²) >= 11 is 0. The molecule has 0 aliphatic heterocycles. The van der Waals surface area contributed by atoms with Crippen LogP contribution in [0.4, 0.5) is 0 Å². The molecule has 0 bridgehead atoms. The van der Waals surface area contributed by atoms with Crippen molar-refractivity contribution >= 4 is 0 Å². The van der Waals surface area contributed by atoms with E-state index in [4.69, 9.17) is 10.00 Å². The highest BCUT2D eigenvalue weighted by Gasteiger charge is 2.15. The molecule has 29 heavy (non-hydrogen) atoms. The van der Waals surface area contributed by atoms with Gasteiger partial charge in [-0.3, -0.25) is 0 Å². The maximum absolute atomic E-state index is 10.7. The number of hydrogen-bond donors (Lipinski definition) is 1. The van der Waals surface area contributed by atoms with E-state index in [1.807, 2.05) is 59.2 Å². The van der Waals surface area contributed by atoms with Gasteiger partial charge in [-0.25, -0.2) is 4.98 Å². The first-order valence-corrected chi connectivity index (χ1v) is 9.23. The fourth-order valence-electron chi connectivity index (χ4n) is 3.09. The monoisotopic (exact) mass is 381 g/mol. The van der Waals surface area contributed by atoms with Gasteiger partial charge in [-0.15, -0.1) is 0 Å². The molecule has 5 heteroatoms. The number of aromatic nitrogens is 2. The Morgan fingerprint density at radius 1 is 0.931 bits per heavy atom. The maximum atomic E-state index is 10.7. The van der Waals surface area contributed by atoms with Gasteiger partial charge in [0.25, 0.3) is 0 Å². The molecule has 142 valence electrons. The summed E-state index contributed by atoms with van der Waals surface area (Å²) in [5.74, 6) is 1.56. The lowest BCUT2D eigenvalue weighted by Gasteiger charge is -2.15. The van der Waals surface area contributed by atoms with E-state index < -0.39 is 6.10 Å². The molecule has 4 rings (SSSR count). The van der Waals surface area contributed by atoms with Crippen LogP contribution >= 0.6 is 0 Å². The van der Waals surface area contributed by atoms with Gasteiger partial charge < -0.3 is 14.4 Å². The largest absolute Gasteiger partial charge is 0.457 e. The molecular weight excluding hydrogens is 362 g/mol. The van der Waals surface area contributed by atoms with Gasteiger partial charge >= 0.3 is 0 Å². The molecule has 0 spiro atoms. The Morgan fingerprint density at radius 2 is 1.62 bits per heavy atom. The number of imidazole rings is 1. The topological polar surface area (TPSA) is 71.1 Å². The smallest absolute Gasteiger partial charge is 0.127 e. The van der Waals surface area contributed by atoms with Crippen LogP contribution in [0.15, 0.2) is 91.4 Å². The van der Waals surface area contributed by atoms with Crippen LogP contribution in [0.5, 0.6) is 11.5 Å². The van der Waals surface area contributed by atoms with Gasteiger partial charge in [-0.05, 0) is 47.5 Å². The first-order valence-electron chi connectivity index (χ1n) is 9.23. The van der Waals surface area contributed by atoms with Gasteiger partial charge in [0.1, 0.15) is 17.6 Å². The molecule has 0 saturated carbocycles. The molecule has 1 atom stereocenters. The first kappa shape index (κ1) is 18.5. The van der Waals surface area contributed by atoms with Crippen LogP contribution in [-0.4, -0.2) is 14.7 Å². The minimum Gasteiger partial charge on any atom is -0.457 e. The number of nitriles is 1. The lowest BCUT2D eigenvalue weighted by molar-refractivity contribution is 0.210. The number of hydrogen-bond acceptors (Lipinski definition) is 4. The summed E-state index contributed by atoms with van der Waals surface area (Å²) in [6.45, 7) is 0.578. The van der Waals surface area contributed by atoms with Crippen molar-refractivity contribution in [3.8, 4) is 17.6 Å². The number of nitrogens with zero attached hydrogens (tertiary/aromatic N) is 3. The minimum absolute atomic E-state index is 0.562. The second-order valence-electron chi connectivity index (χ2n) is 6.64. The summed E-state index contributed by atoms with van der Waals surface area (Å²) in [5.41, 5.74) is 3.04. The van der Waals surface area contributed by atoms with Crippen molar-refractivity contribution in [1.29, 1.82) is 5.26 Å². The van der Waals surface area contributed by atoms with Gasteiger partial charge in [0.15, 0.2) is 0 Å². The van der Waals surface area contributed by atoms with Gasteiger partial charge in [-0.1, -0.05) is 42.5 Å². The van der Waals surface area contributed by atoms with E-state index in [1.165, 1.54) is 0 Å². The van der Waals surface area contributed by atoms with Gasteiger partial charge in [0.05, 0.1) is 29.9 Å². The van der Waals surface area contributed by atoms with E-state index >= 15 is 0 Å². The van der Waals surface area contributed by atoms with Gasteiger partial charge in [0.2, 0.25) is 0 Å². The third-order valence-electron chi connectivity index (χ3n) is 4.64. The van der Waals surface area contributed by atoms with E-state index in [1.54, 1.807) is 36.8 Å². The Labute approximate surface area is 169 Å². The molecule has 1 heterocycles. The van der Waals surface area contributed by atoms with Gasteiger partial charge in [0, 0.05) is 6.54 Å². The molecule has 5 nitrogen and oxygen atoms in total. The van der Waals surface area contributed by atoms with Crippen molar-refractivity contribution < 1.29 is 9.84 Å². The third kappa shape index (κ3) is 4.34. The Bertz CT molecular complexity index is 1110. The molecule has 0 amide bonds. The van der Waals surface area contributed by atoms with E-state index in [0.717, 1.165) is 22.6 Å². The summed E-state index contributed by atoms with van der Waals surface area (Å²) in [4.78, 5) is 4.20. The van der Waals surface area contributed by atoms with E-state index in [9.17, 15) is 5.11 Å². The van der Waals surface area contributed by atoms with Crippen molar-refractivity contribution in [2.24, 2.45) is 0 Å². The highest BCUT2D eigenvalue weighted by molar-refractivity contribution is 5.35. The molecule has 1 unspecified atom stereocenters. The lowest BCUT2D eigenvalue weighted by atomic mass is 10.0. The van der Waals surface area contributed by atoms with Crippen LogP contribution in [0.1, 0.15) is 28.5 Å². The summed E-state index contributed by atoms with van der Waals surface area (Å²) in [7, 11) is 0. The SMILES string of the molecule is N#Cc1ccc(C(O)c2cncn2Cc2ccc(Oc3ccccc3)cc2)cc1. The molecule has 0 fully saturated rings. The average molecular weight is 381 g/mol. The minimum atomic E-state index is -0.814. The Kier molecular flexibility index (Phi) is 5.37. The number of rotatable bonds is 6. The molecule has 0 aliphatic carbocycles. The van der Waals surface area contributed by atoms with E-state index in [-0.39, 0.29) is 0 Å². The maximum Gasteiger partial charge on any atom is 0.127 e. The van der Waals surface area contributed by atoms with Crippen LogP contribution < -0.4 is 4.74 Å². The van der Waals surface area contributed by atoms with Crippen LogP contribution in [0.3, 0.4) is 0 Å². The van der Waals surface area contributed by atoms with Crippen LogP contribution in [-0.2, 0) is 6.54 Å².